The average molecular weight is 434 g/mol. The second-order valence-corrected chi connectivity index (χ2v) is 6.81. The number of carboxylic acid groups (broad SMARTS) is 1. The number of hydrogen-bond acceptors (Lipinski definition) is 4. The van der Waals surface area contributed by atoms with Crippen molar-refractivity contribution in [2.45, 2.75) is 32.0 Å². The standard InChI is InChI=1S/C22H18F4N2O3/c23-20-18(10-7-14-5-8-17(9-6-14)22(24,25)26)27-13-28-21(20)31-12-16-3-1-15(2-4-16)11-19(29)30/h1-6,8-9,13H,7,10-12H2,(H,29,30). The van der Waals surface area contributed by atoms with E-state index in [0.29, 0.717) is 23.1 Å². The van der Waals surface area contributed by atoms with E-state index in [1.54, 1.807) is 24.3 Å². The number of nitrogens with zero attached hydrogens (tertiary/aromatic N) is 2. The van der Waals surface area contributed by atoms with Crippen LogP contribution in [0.5, 0.6) is 5.88 Å². The van der Waals surface area contributed by atoms with Crippen molar-refractivity contribution in [3.63, 3.8) is 0 Å². The Morgan fingerprint density at radius 1 is 0.903 bits per heavy atom. The Balaban J connectivity index is 1.60. The average Bonchev–Trinajstić information content (AvgIpc) is 2.72. The first kappa shape index (κ1) is 22.2. The van der Waals surface area contributed by atoms with E-state index in [1.807, 2.05) is 0 Å². The molecule has 162 valence electrons. The van der Waals surface area contributed by atoms with E-state index >= 15 is 0 Å². The molecule has 3 aromatic rings. The third-order valence-electron chi connectivity index (χ3n) is 4.52. The van der Waals surface area contributed by atoms with Crippen molar-refractivity contribution in [1.29, 1.82) is 0 Å². The van der Waals surface area contributed by atoms with Gasteiger partial charge in [0.1, 0.15) is 12.9 Å². The number of aryl methyl sites for hydroxylation is 2. The van der Waals surface area contributed by atoms with Gasteiger partial charge in [0, 0.05) is 0 Å². The second-order valence-electron chi connectivity index (χ2n) is 6.81. The van der Waals surface area contributed by atoms with Crippen LogP contribution in [0.1, 0.15) is 27.9 Å². The maximum Gasteiger partial charge on any atom is 0.416 e. The molecule has 5 nitrogen and oxygen atoms in total. The fraction of sp³-hybridized carbons (Fsp3) is 0.227. The number of rotatable bonds is 8. The monoisotopic (exact) mass is 434 g/mol. The smallest absolute Gasteiger partial charge is 0.416 e. The normalized spacial score (nSPS) is 11.4. The van der Waals surface area contributed by atoms with Gasteiger partial charge in [0.2, 0.25) is 5.82 Å². The first-order valence-corrected chi connectivity index (χ1v) is 9.30. The number of carbonyl (C=O) groups is 1. The minimum Gasteiger partial charge on any atom is -0.481 e. The molecule has 31 heavy (non-hydrogen) atoms. The number of ether oxygens (including phenoxy) is 1. The van der Waals surface area contributed by atoms with Gasteiger partial charge in [-0.1, -0.05) is 36.4 Å². The quantitative estimate of drug-likeness (QED) is 0.524. The summed E-state index contributed by atoms with van der Waals surface area (Å²) in [5.41, 5.74) is 1.32. The summed E-state index contributed by atoms with van der Waals surface area (Å²) in [6.07, 6.45) is -2.86. The molecule has 1 heterocycles. The zero-order valence-corrected chi connectivity index (χ0v) is 16.2. The van der Waals surface area contributed by atoms with E-state index in [4.69, 9.17) is 9.84 Å². The number of aliphatic carboxylic acids is 1. The highest BCUT2D eigenvalue weighted by molar-refractivity contribution is 5.70. The van der Waals surface area contributed by atoms with E-state index < -0.39 is 23.5 Å². The Hall–Kier alpha value is -3.49. The van der Waals surface area contributed by atoms with Crippen LogP contribution in [0.15, 0.2) is 54.9 Å². The van der Waals surface area contributed by atoms with E-state index in [9.17, 15) is 22.4 Å². The number of benzene rings is 2. The number of halogens is 4. The molecule has 0 amide bonds. The maximum absolute atomic E-state index is 14.6. The highest BCUT2D eigenvalue weighted by Gasteiger charge is 2.29. The molecule has 0 aliphatic rings. The summed E-state index contributed by atoms with van der Waals surface area (Å²) in [5, 5.41) is 8.78. The molecule has 0 aliphatic heterocycles. The fourth-order valence-electron chi connectivity index (χ4n) is 2.87. The lowest BCUT2D eigenvalue weighted by molar-refractivity contribution is -0.138. The van der Waals surface area contributed by atoms with Crippen LogP contribution in [0.25, 0.3) is 0 Å². The molecule has 3 rings (SSSR count). The van der Waals surface area contributed by atoms with Crippen molar-refractivity contribution in [3.05, 3.63) is 88.6 Å². The molecule has 9 heteroatoms. The van der Waals surface area contributed by atoms with Crippen LogP contribution < -0.4 is 4.74 Å². The fourth-order valence-corrected chi connectivity index (χ4v) is 2.87. The molecule has 0 radical (unpaired) electrons. The lowest BCUT2D eigenvalue weighted by Gasteiger charge is -2.10. The van der Waals surface area contributed by atoms with Gasteiger partial charge in [-0.15, -0.1) is 0 Å². The molecule has 0 bridgehead atoms. The molecule has 0 atom stereocenters. The van der Waals surface area contributed by atoms with E-state index in [1.165, 1.54) is 12.1 Å². The minimum atomic E-state index is -4.40. The lowest BCUT2D eigenvalue weighted by Crippen LogP contribution is -2.06. The molecule has 1 aromatic heterocycles. The number of carboxylic acids is 1. The molecule has 0 aliphatic carbocycles. The third-order valence-corrected chi connectivity index (χ3v) is 4.52. The number of hydrogen-bond donors (Lipinski definition) is 1. The molecule has 0 spiro atoms. The van der Waals surface area contributed by atoms with Gasteiger partial charge in [0.05, 0.1) is 17.7 Å². The molecular weight excluding hydrogens is 416 g/mol. The van der Waals surface area contributed by atoms with Gasteiger partial charge in [-0.3, -0.25) is 4.79 Å². The van der Waals surface area contributed by atoms with Crippen LogP contribution in [-0.4, -0.2) is 21.0 Å². The van der Waals surface area contributed by atoms with Gasteiger partial charge in [0.25, 0.3) is 5.88 Å². The largest absolute Gasteiger partial charge is 0.481 e. The van der Waals surface area contributed by atoms with Crippen molar-refractivity contribution >= 4 is 5.97 Å². The maximum atomic E-state index is 14.6. The van der Waals surface area contributed by atoms with E-state index in [-0.39, 0.29) is 31.0 Å². The summed E-state index contributed by atoms with van der Waals surface area (Å²) in [6, 6.07) is 11.4. The molecular formula is C22H18F4N2O3. The summed E-state index contributed by atoms with van der Waals surface area (Å²) < 4.78 is 58.0. The van der Waals surface area contributed by atoms with Gasteiger partial charge < -0.3 is 9.84 Å². The van der Waals surface area contributed by atoms with E-state index in [2.05, 4.69) is 9.97 Å². The van der Waals surface area contributed by atoms with Crippen molar-refractivity contribution in [2.24, 2.45) is 0 Å². The van der Waals surface area contributed by atoms with E-state index in [0.717, 1.165) is 18.5 Å². The van der Waals surface area contributed by atoms with Crippen LogP contribution >= 0.6 is 0 Å². The second kappa shape index (κ2) is 9.55. The predicted molar refractivity (Wildman–Crippen MR) is 103 cm³/mol. The number of alkyl halides is 3. The SMILES string of the molecule is O=C(O)Cc1ccc(COc2ncnc(CCc3ccc(C(F)(F)F)cc3)c2F)cc1. The summed E-state index contributed by atoms with van der Waals surface area (Å²) >= 11 is 0. The van der Waals surface area contributed by atoms with Gasteiger partial charge >= 0.3 is 12.1 Å². The van der Waals surface area contributed by atoms with Crippen LogP contribution in [0, 0.1) is 5.82 Å². The lowest BCUT2D eigenvalue weighted by atomic mass is 10.1. The zero-order valence-electron chi connectivity index (χ0n) is 16.2. The van der Waals surface area contributed by atoms with Crippen molar-refractivity contribution in [1.82, 2.24) is 9.97 Å². The summed E-state index contributed by atoms with van der Waals surface area (Å²) in [5.74, 6) is -1.89. The first-order valence-electron chi connectivity index (χ1n) is 9.30. The Morgan fingerprint density at radius 3 is 2.13 bits per heavy atom. The topological polar surface area (TPSA) is 72.3 Å². The van der Waals surface area contributed by atoms with Crippen LogP contribution in [0.2, 0.25) is 0 Å². The highest BCUT2D eigenvalue weighted by atomic mass is 19.4. The summed E-state index contributed by atoms with van der Waals surface area (Å²) in [6.45, 7) is 0.0274. The van der Waals surface area contributed by atoms with Gasteiger partial charge in [-0.05, 0) is 41.7 Å². The third kappa shape index (κ3) is 6.24. The molecule has 0 saturated heterocycles. The van der Waals surface area contributed by atoms with Gasteiger partial charge in [-0.25, -0.2) is 4.98 Å². The molecule has 0 saturated carbocycles. The minimum absolute atomic E-state index is 0.0274. The van der Waals surface area contributed by atoms with Crippen molar-refractivity contribution in [2.75, 3.05) is 0 Å². The Morgan fingerprint density at radius 2 is 1.52 bits per heavy atom. The Bertz CT molecular complexity index is 1040. The molecule has 2 aromatic carbocycles. The predicted octanol–water partition coefficient (Wildman–Crippen LogP) is 4.63. The first-order chi connectivity index (χ1) is 14.7. The van der Waals surface area contributed by atoms with Crippen LogP contribution in [0.3, 0.4) is 0 Å². The summed E-state index contributed by atoms with van der Waals surface area (Å²) in [7, 11) is 0. The van der Waals surface area contributed by atoms with Gasteiger partial charge in [0.15, 0.2) is 0 Å². The van der Waals surface area contributed by atoms with Crippen LogP contribution in [-0.2, 0) is 36.8 Å². The van der Waals surface area contributed by atoms with Crippen molar-refractivity contribution < 1.29 is 32.2 Å². The Kier molecular flexibility index (Phi) is 6.84. The number of aromatic nitrogens is 2. The summed E-state index contributed by atoms with van der Waals surface area (Å²) in [4.78, 5) is 18.4. The zero-order chi connectivity index (χ0) is 22.4. The molecule has 1 N–H and O–H groups in total. The molecule has 0 fully saturated rings. The van der Waals surface area contributed by atoms with Crippen LogP contribution in [0.4, 0.5) is 17.6 Å². The molecule has 0 unspecified atom stereocenters. The van der Waals surface area contributed by atoms with Crippen molar-refractivity contribution in [3.8, 4) is 5.88 Å². The van der Waals surface area contributed by atoms with Gasteiger partial charge in [-0.2, -0.15) is 22.5 Å². The highest BCUT2D eigenvalue weighted by Crippen LogP contribution is 2.29. The Labute approximate surface area is 175 Å².